The molecule has 0 aromatic rings. The van der Waals surface area contributed by atoms with E-state index >= 15 is 0 Å². The van der Waals surface area contributed by atoms with Crippen molar-refractivity contribution >= 4 is 0 Å². The molecule has 1 aliphatic rings. The fraction of sp³-hybridized carbons (Fsp3) is 1.00. The van der Waals surface area contributed by atoms with E-state index in [1.807, 2.05) is 27.7 Å². The van der Waals surface area contributed by atoms with Crippen molar-refractivity contribution in [2.24, 2.45) is 0 Å². The Bertz CT molecular complexity index is 93.3. The van der Waals surface area contributed by atoms with Crippen LogP contribution in [0.4, 0.5) is 0 Å². The van der Waals surface area contributed by atoms with Gasteiger partial charge in [0.15, 0.2) is 0 Å². The fourth-order valence-electron chi connectivity index (χ4n) is 1.87. The summed E-state index contributed by atoms with van der Waals surface area (Å²) in [6.45, 7) is 20.3. The molecule has 0 atom stereocenters. The van der Waals surface area contributed by atoms with Gasteiger partial charge in [0.05, 0.1) is 0 Å². The second-order valence-corrected chi connectivity index (χ2v) is 3.68. The normalized spacial score (nSPS) is 16.9. The van der Waals surface area contributed by atoms with Gasteiger partial charge in [0.2, 0.25) is 0 Å². The van der Waals surface area contributed by atoms with E-state index in [9.17, 15) is 0 Å². The van der Waals surface area contributed by atoms with E-state index < -0.39 is 0 Å². The Labute approximate surface area is 104 Å². The molecule has 2 nitrogen and oxygen atoms in total. The summed E-state index contributed by atoms with van der Waals surface area (Å²) in [6.07, 6.45) is 2.60. The van der Waals surface area contributed by atoms with Gasteiger partial charge in [-0.25, -0.2) is 0 Å². The molecule has 1 heterocycles. The molecule has 0 spiro atoms. The average molecular weight is 230 g/mol. The van der Waals surface area contributed by atoms with Crippen LogP contribution in [0.3, 0.4) is 0 Å². The fourth-order valence-corrected chi connectivity index (χ4v) is 1.87. The van der Waals surface area contributed by atoms with Gasteiger partial charge >= 0.3 is 0 Å². The Balaban J connectivity index is 0. The third-order valence-corrected chi connectivity index (χ3v) is 2.54. The average Bonchev–Trinajstić information content (AvgIpc) is 2.37. The molecule has 1 saturated heterocycles. The zero-order chi connectivity index (χ0) is 12.8. The summed E-state index contributed by atoms with van der Waals surface area (Å²) < 4.78 is 0. The van der Waals surface area contributed by atoms with E-state index in [4.69, 9.17) is 0 Å². The molecule has 0 radical (unpaired) electrons. The van der Waals surface area contributed by atoms with E-state index in [-0.39, 0.29) is 0 Å². The van der Waals surface area contributed by atoms with Crippen molar-refractivity contribution in [3.05, 3.63) is 0 Å². The molecular weight excluding hydrogens is 196 g/mol. The monoisotopic (exact) mass is 230 g/mol. The first-order chi connectivity index (χ1) is 7.86. The number of hydrogen-bond donors (Lipinski definition) is 0. The maximum absolute atomic E-state index is 2.58. The quantitative estimate of drug-likeness (QED) is 0.729. The molecule has 0 saturated carbocycles. The van der Waals surface area contributed by atoms with E-state index in [1.165, 1.54) is 52.1 Å². The molecule has 100 valence electrons. The summed E-state index contributed by atoms with van der Waals surface area (Å²) in [7, 11) is 0. The lowest BCUT2D eigenvalue weighted by molar-refractivity contribution is 0.133. The van der Waals surface area contributed by atoms with Crippen LogP contribution in [0.25, 0.3) is 0 Å². The van der Waals surface area contributed by atoms with Gasteiger partial charge in [0.1, 0.15) is 0 Å². The highest BCUT2D eigenvalue weighted by molar-refractivity contribution is 4.70. The molecular formula is C14H34N2. The summed E-state index contributed by atoms with van der Waals surface area (Å²) in [5.41, 5.74) is 0. The van der Waals surface area contributed by atoms with Crippen molar-refractivity contribution in [2.75, 3.05) is 39.3 Å². The topological polar surface area (TPSA) is 6.48 Å². The van der Waals surface area contributed by atoms with Crippen molar-refractivity contribution in [3.63, 3.8) is 0 Å². The van der Waals surface area contributed by atoms with Crippen LogP contribution < -0.4 is 0 Å². The Morgan fingerprint density at radius 2 is 0.875 bits per heavy atom. The highest BCUT2D eigenvalue weighted by atomic mass is 15.3. The third kappa shape index (κ3) is 9.17. The number of hydrogen-bond acceptors (Lipinski definition) is 2. The molecule has 1 aliphatic heterocycles. The minimum absolute atomic E-state index is 1.29. The van der Waals surface area contributed by atoms with Gasteiger partial charge in [-0.15, -0.1) is 0 Å². The SMILES string of the molecule is CC.CC.CCCN1CCN(CCC)CC1. The lowest BCUT2D eigenvalue weighted by Crippen LogP contribution is -2.46. The largest absolute Gasteiger partial charge is 0.301 e. The molecule has 0 bridgehead atoms. The van der Waals surface area contributed by atoms with Crippen LogP contribution in [-0.4, -0.2) is 49.1 Å². The predicted octanol–water partition coefficient (Wildman–Crippen LogP) is 3.48. The molecule has 2 heteroatoms. The first-order valence-corrected chi connectivity index (χ1v) is 7.31. The van der Waals surface area contributed by atoms with Crippen LogP contribution in [0, 0.1) is 0 Å². The maximum atomic E-state index is 2.58. The first-order valence-electron chi connectivity index (χ1n) is 7.31. The van der Waals surface area contributed by atoms with Gasteiger partial charge in [-0.3, -0.25) is 0 Å². The Hall–Kier alpha value is -0.0800. The Kier molecular flexibility index (Phi) is 17.1. The van der Waals surface area contributed by atoms with Crippen molar-refractivity contribution < 1.29 is 0 Å². The van der Waals surface area contributed by atoms with Gasteiger partial charge in [-0.1, -0.05) is 41.5 Å². The highest BCUT2D eigenvalue weighted by Gasteiger charge is 2.14. The standard InChI is InChI=1S/C10H22N2.2C2H6/c1-3-5-11-7-9-12(6-4-2)10-8-11;2*1-2/h3-10H2,1-2H3;2*1-2H3. The summed E-state index contributed by atoms with van der Waals surface area (Å²) >= 11 is 0. The zero-order valence-electron chi connectivity index (χ0n) is 12.6. The second kappa shape index (κ2) is 14.9. The Morgan fingerprint density at radius 3 is 1.06 bits per heavy atom. The van der Waals surface area contributed by atoms with Crippen LogP contribution in [0.1, 0.15) is 54.4 Å². The molecule has 1 rings (SSSR count). The van der Waals surface area contributed by atoms with Crippen LogP contribution >= 0.6 is 0 Å². The van der Waals surface area contributed by atoms with Crippen LogP contribution in [-0.2, 0) is 0 Å². The lowest BCUT2D eigenvalue weighted by atomic mass is 10.3. The highest BCUT2D eigenvalue weighted by Crippen LogP contribution is 2.02. The third-order valence-electron chi connectivity index (χ3n) is 2.54. The van der Waals surface area contributed by atoms with Gasteiger partial charge < -0.3 is 9.80 Å². The number of nitrogens with zero attached hydrogens (tertiary/aromatic N) is 2. The first kappa shape index (κ1) is 18.3. The van der Waals surface area contributed by atoms with Crippen LogP contribution in [0.2, 0.25) is 0 Å². The molecule has 0 unspecified atom stereocenters. The summed E-state index contributed by atoms with van der Waals surface area (Å²) in [5.74, 6) is 0. The van der Waals surface area contributed by atoms with Crippen molar-refractivity contribution in [1.29, 1.82) is 0 Å². The lowest BCUT2D eigenvalue weighted by Gasteiger charge is -2.34. The summed E-state index contributed by atoms with van der Waals surface area (Å²) in [5, 5.41) is 0. The van der Waals surface area contributed by atoms with Crippen molar-refractivity contribution in [3.8, 4) is 0 Å². The maximum Gasteiger partial charge on any atom is 0.0110 e. The Morgan fingerprint density at radius 1 is 0.625 bits per heavy atom. The molecule has 0 N–H and O–H groups in total. The molecule has 1 fully saturated rings. The number of piperazine rings is 1. The van der Waals surface area contributed by atoms with Gasteiger partial charge in [-0.2, -0.15) is 0 Å². The molecule has 0 amide bonds. The molecule has 0 aromatic carbocycles. The second-order valence-electron chi connectivity index (χ2n) is 3.68. The molecule has 0 aromatic heterocycles. The van der Waals surface area contributed by atoms with Crippen LogP contribution in [0.5, 0.6) is 0 Å². The summed E-state index contributed by atoms with van der Waals surface area (Å²) in [4.78, 5) is 5.15. The molecule has 16 heavy (non-hydrogen) atoms. The van der Waals surface area contributed by atoms with Crippen molar-refractivity contribution in [1.82, 2.24) is 9.80 Å². The van der Waals surface area contributed by atoms with E-state index in [1.54, 1.807) is 0 Å². The minimum Gasteiger partial charge on any atom is -0.301 e. The van der Waals surface area contributed by atoms with Gasteiger partial charge in [0, 0.05) is 26.2 Å². The zero-order valence-corrected chi connectivity index (χ0v) is 12.6. The predicted molar refractivity (Wildman–Crippen MR) is 76.2 cm³/mol. The van der Waals surface area contributed by atoms with Gasteiger partial charge in [0.25, 0.3) is 0 Å². The smallest absolute Gasteiger partial charge is 0.0110 e. The summed E-state index contributed by atoms with van der Waals surface area (Å²) in [6, 6.07) is 0. The van der Waals surface area contributed by atoms with Crippen molar-refractivity contribution in [2.45, 2.75) is 54.4 Å². The van der Waals surface area contributed by atoms with E-state index in [2.05, 4.69) is 23.6 Å². The molecule has 0 aliphatic carbocycles. The van der Waals surface area contributed by atoms with Crippen LogP contribution in [0.15, 0.2) is 0 Å². The minimum atomic E-state index is 1.29. The van der Waals surface area contributed by atoms with Gasteiger partial charge in [-0.05, 0) is 25.9 Å². The number of rotatable bonds is 4. The van der Waals surface area contributed by atoms with E-state index in [0.717, 1.165) is 0 Å². The van der Waals surface area contributed by atoms with E-state index in [0.29, 0.717) is 0 Å².